The minimum atomic E-state index is 0.223. The third kappa shape index (κ3) is 3.58. The van der Waals surface area contributed by atoms with Crippen LogP contribution in [0.5, 0.6) is 5.75 Å². The minimum Gasteiger partial charge on any atom is -0.496 e. The lowest BCUT2D eigenvalue weighted by Crippen LogP contribution is -2.09. The normalized spacial score (nSPS) is 12.2. The number of aromatic nitrogens is 1. The molecule has 0 radical (unpaired) electrons. The molecule has 1 aromatic heterocycles. The van der Waals surface area contributed by atoms with Crippen LogP contribution in [-0.2, 0) is 6.42 Å². The van der Waals surface area contributed by atoms with Crippen LogP contribution in [0.25, 0.3) is 0 Å². The number of rotatable bonds is 5. The lowest BCUT2D eigenvalue weighted by Gasteiger charge is -2.18. The van der Waals surface area contributed by atoms with Crippen LogP contribution in [0.4, 0.5) is 0 Å². The summed E-state index contributed by atoms with van der Waals surface area (Å²) in [5, 5.41) is 0. The standard InChI is InChI=1S/C17H19BrClNO/c1-11-10-20-16(12(2)17(11)21-3)8-13(9-19)14-6-4-5-7-15(14)18/h4-7,10,13H,8-9H2,1-3H3. The van der Waals surface area contributed by atoms with E-state index in [1.807, 2.05) is 31.3 Å². The first kappa shape index (κ1) is 16.3. The molecule has 0 aliphatic carbocycles. The molecule has 2 rings (SSSR count). The van der Waals surface area contributed by atoms with Crippen LogP contribution in [0.1, 0.15) is 28.3 Å². The van der Waals surface area contributed by atoms with Gasteiger partial charge in [-0.15, -0.1) is 11.6 Å². The monoisotopic (exact) mass is 367 g/mol. The van der Waals surface area contributed by atoms with Crippen molar-refractivity contribution in [2.45, 2.75) is 26.2 Å². The molecule has 0 N–H and O–H groups in total. The van der Waals surface area contributed by atoms with Crippen molar-refractivity contribution in [3.05, 3.63) is 57.3 Å². The largest absolute Gasteiger partial charge is 0.496 e. The van der Waals surface area contributed by atoms with Crippen LogP contribution >= 0.6 is 27.5 Å². The summed E-state index contributed by atoms with van der Waals surface area (Å²) in [6.45, 7) is 4.06. The average molecular weight is 369 g/mol. The van der Waals surface area contributed by atoms with Crippen molar-refractivity contribution in [2.75, 3.05) is 13.0 Å². The molecule has 0 fully saturated rings. The van der Waals surface area contributed by atoms with Crippen LogP contribution in [-0.4, -0.2) is 18.0 Å². The number of methoxy groups -OCH3 is 1. The van der Waals surface area contributed by atoms with Crippen molar-refractivity contribution in [2.24, 2.45) is 0 Å². The maximum absolute atomic E-state index is 6.20. The van der Waals surface area contributed by atoms with Gasteiger partial charge in [-0.3, -0.25) is 4.98 Å². The highest BCUT2D eigenvalue weighted by atomic mass is 79.9. The molecule has 21 heavy (non-hydrogen) atoms. The second-order valence-corrected chi connectivity index (χ2v) is 6.29. The Balaban J connectivity index is 2.34. The molecule has 1 heterocycles. The van der Waals surface area contributed by atoms with Gasteiger partial charge in [-0.05, 0) is 31.9 Å². The number of alkyl halides is 1. The third-order valence-corrected chi connectivity index (χ3v) is 4.82. The van der Waals surface area contributed by atoms with E-state index in [-0.39, 0.29) is 5.92 Å². The van der Waals surface area contributed by atoms with Gasteiger partial charge in [0.1, 0.15) is 5.75 Å². The highest BCUT2D eigenvalue weighted by Gasteiger charge is 2.18. The second-order valence-electron chi connectivity index (χ2n) is 5.12. The molecule has 112 valence electrons. The highest BCUT2D eigenvalue weighted by molar-refractivity contribution is 9.10. The van der Waals surface area contributed by atoms with E-state index >= 15 is 0 Å². The Kier molecular flexibility index (Phi) is 5.65. The van der Waals surface area contributed by atoms with Crippen LogP contribution in [0.2, 0.25) is 0 Å². The van der Waals surface area contributed by atoms with Gasteiger partial charge in [-0.25, -0.2) is 0 Å². The van der Waals surface area contributed by atoms with Crippen molar-refractivity contribution in [1.82, 2.24) is 4.98 Å². The number of pyridine rings is 1. The number of aryl methyl sites for hydroxylation is 1. The van der Waals surface area contributed by atoms with Crippen molar-refractivity contribution < 1.29 is 4.74 Å². The quantitative estimate of drug-likeness (QED) is 0.690. The van der Waals surface area contributed by atoms with E-state index < -0.39 is 0 Å². The zero-order valence-electron chi connectivity index (χ0n) is 12.5. The minimum absolute atomic E-state index is 0.223. The molecule has 0 saturated carbocycles. The summed E-state index contributed by atoms with van der Waals surface area (Å²) < 4.78 is 6.57. The Morgan fingerprint density at radius 3 is 2.62 bits per heavy atom. The first-order valence-corrected chi connectivity index (χ1v) is 8.20. The van der Waals surface area contributed by atoms with E-state index in [0.717, 1.165) is 33.5 Å². The lowest BCUT2D eigenvalue weighted by atomic mass is 9.94. The Labute approximate surface area is 139 Å². The third-order valence-electron chi connectivity index (χ3n) is 3.72. The van der Waals surface area contributed by atoms with E-state index in [1.165, 1.54) is 5.56 Å². The molecule has 0 amide bonds. The first-order chi connectivity index (χ1) is 10.1. The average Bonchev–Trinajstić information content (AvgIpc) is 2.48. The van der Waals surface area contributed by atoms with Crippen LogP contribution in [0.3, 0.4) is 0 Å². The summed E-state index contributed by atoms with van der Waals surface area (Å²) in [6, 6.07) is 8.20. The summed E-state index contributed by atoms with van der Waals surface area (Å²) in [5.74, 6) is 1.70. The summed E-state index contributed by atoms with van der Waals surface area (Å²) in [5.41, 5.74) is 4.41. The number of hydrogen-bond acceptors (Lipinski definition) is 2. The summed E-state index contributed by atoms with van der Waals surface area (Å²) in [4.78, 5) is 4.58. The highest BCUT2D eigenvalue weighted by Crippen LogP contribution is 2.31. The fourth-order valence-corrected chi connectivity index (χ4v) is 3.45. The lowest BCUT2D eigenvalue weighted by molar-refractivity contribution is 0.406. The van der Waals surface area contributed by atoms with Gasteiger partial charge in [0.25, 0.3) is 0 Å². The predicted molar refractivity (Wildman–Crippen MR) is 91.6 cm³/mol. The fourth-order valence-electron chi connectivity index (χ4n) is 2.56. The molecule has 4 heteroatoms. The van der Waals surface area contributed by atoms with Crippen LogP contribution in [0.15, 0.2) is 34.9 Å². The zero-order valence-corrected chi connectivity index (χ0v) is 14.8. The van der Waals surface area contributed by atoms with Gasteiger partial charge < -0.3 is 4.74 Å². The molecule has 0 saturated heterocycles. The summed E-state index contributed by atoms with van der Waals surface area (Å²) in [7, 11) is 1.70. The van der Waals surface area contributed by atoms with Gasteiger partial charge in [0, 0.05) is 39.3 Å². The Morgan fingerprint density at radius 1 is 1.29 bits per heavy atom. The number of hydrogen-bond donors (Lipinski definition) is 0. The number of benzene rings is 1. The molecule has 0 aliphatic rings. The second kappa shape index (κ2) is 7.28. The molecule has 0 aliphatic heterocycles. The first-order valence-electron chi connectivity index (χ1n) is 6.88. The molecule has 1 atom stereocenters. The molecule has 1 unspecified atom stereocenters. The molecule has 2 aromatic rings. The molecule has 2 nitrogen and oxygen atoms in total. The van der Waals surface area contributed by atoms with Crippen molar-refractivity contribution >= 4 is 27.5 Å². The number of ether oxygens (including phenoxy) is 1. The van der Waals surface area contributed by atoms with Crippen molar-refractivity contribution in [1.29, 1.82) is 0 Å². The SMILES string of the molecule is COc1c(C)cnc(CC(CCl)c2ccccc2Br)c1C. The smallest absolute Gasteiger partial charge is 0.128 e. The fraction of sp³-hybridized carbons (Fsp3) is 0.353. The van der Waals surface area contributed by atoms with Gasteiger partial charge in [0.2, 0.25) is 0 Å². The van der Waals surface area contributed by atoms with E-state index in [4.69, 9.17) is 16.3 Å². The van der Waals surface area contributed by atoms with E-state index in [9.17, 15) is 0 Å². The van der Waals surface area contributed by atoms with Crippen molar-refractivity contribution in [3.8, 4) is 5.75 Å². The van der Waals surface area contributed by atoms with Crippen molar-refractivity contribution in [3.63, 3.8) is 0 Å². The zero-order chi connectivity index (χ0) is 15.4. The summed E-state index contributed by atoms with van der Waals surface area (Å²) >= 11 is 9.81. The van der Waals surface area contributed by atoms with Gasteiger partial charge in [-0.2, -0.15) is 0 Å². The van der Waals surface area contributed by atoms with Gasteiger partial charge in [-0.1, -0.05) is 34.1 Å². The maximum Gasteiger partial charge on any atom is 0.128 e. The van der Waals surface area contributed by atoms with E-state index in [1.54, 1.807) is 7.11 Å². The summed E-state index contributed by atoms with van der Waals surface area (Å²) in [6.07, 6.45) is 2.67. The van der Waals surface area contributed by atoms with Gasteiger partial charge >= 0.3 is 0 Å². The Hall–Kier alpha value is -1.06. The molecule has 1 aromatic carbocycles. The van der Waals surface area contributed by atoms with Gasteiger partial charge in [0.05, 0.1) is 7.11 Å². The molecular weight excluding hydrogens is 350 g/mol. The Bertz CT molecular complexity index is 630. The number of halogens is 2. The van der Waals surface area contributed by atoms with E-state index in [2.05, 4.69) is 33.9 Å². The van der Waals surface area contributed by atoms with Crippen LogP contribution < -0.4 is 4.74 Å². The van der Waals surface area contributed by atoms with E-state index in [0.29, 0.717) is 5.88 Å². The molecular formula is C17H19BrClNO. The maximum atomic E-state index is 6.20. The topological polar surface area (TPSA) is 22.1 Å². The van der Waals surface area contributed by atoms with Crippen LogP contribution in [0, 0.1) is 13.8 Å². The predicted octanol–water partition coefficient (Wildman–Crippen LogP) is 5.03. The number of nitrogens with zero attached hydrogens (tertiary/aromatic N) is 1. The van der Waals surface area contributed by atoms with Gasteiger partial charge in [0.15, 0.2) is 0 Å². The Morgan fingerprint density at radius 2 is 2.00 bits per heavy atom. The molecule has 0 bridgehead atoms. The molecule has 0 spiro atoms.